The maximum atomic E-state index is 4.29. The first kappa shape index (κ1) is 8.08. The third kappa shape index (κ3) is 1.47. The second kappa shape index (κ2) is 3.46. The maximum Gasteiger partial charge on any atom is 0.124 e. The summed E-state index contributed by atoms with van der Waals surface area (Å²) in [7, 11) is 0. The van der Waals surface area contributed by atoms with Crippen molar-refractivity contribution in [3.63, 3.8) is 0 Å². The van der Waals surface area contributed by atoms with Gasteiger partial charge in [0.1, 0.15) is 4.83 Å². The number of hydrogen-bond donors (Lipinski definition) is 0. The van der Waals surface area contributed by atoms with E-state index in [0.29, 0.717) is 0 Å². The SMILES string of the molecule is CCSc1cc2cccnc2s1. The first-order valence-corrected chi connectivity index (χ1v) is 5.67. The molecule has 2 aromatic rings. The number of pyridine rings is 1. The monoisotopic (exact) mass is 195 g/mol. The van der Waals surface area contributed by atoms with E-state index in [1.165, 1.54) is 9.60 Å². The van der Waals surface area contributed by atoms with Crippen molar-refractivity contribution in [2.24, 2.45) is 0 Å². The van der Waals surface area contributed by atoms with Gasteiger partial charge in [-0.25, -0.2) is 4.98 Å². The molecule has 12 heavy (non-hydrogen) atoms. The van der Waals surface area contributed by atoms with E-state index in [1.54, 1.807) is 11.3 Å². The van der Waals surface area contributed by atoms with E-state index in [-0.39, 0.29) is 0 Å². The highest BCUT2D eigenvalue weighted by atomic mass is 32.2. The number of thioether (sulfide) groups is 1. The van der Waals surface area contributed by atoms with Gasteiger partial charge in [-0.2, -0.15) is 0 Å². The highest BCUT2D eigenvalue weighted by Gasteiger charge is 2.00. The van der Waals surface area contributed by atoms with Crippen molar-refractivity contribution in [3.05, 3.63) is 24.4 Å². The van der Waals surface area contributed by atoms with E-state index in [2.05, 4.69) is 24.0 Å². The van der Waals surface area contributed by atoms with Crippen molar-refractivity contribution in [1.82, 2.24) is 4.98 Å². The quantitative estimate of drug-likeness (QED) is 0.681. The van der Waals surface area contributed by atoms with E-state index < -0.39 is 0 Å². The highest BCUT2D eigenvalue weighted by molar-refractivity contribution is 8.01. The summed E-state index contributed by atoms with van der Waals surface area (Å²) in [6.07, 6.45) is 1.85. The van der Waals surface area contributed by atoms with Crippen molar-refractivity contribution >= 4 is 33.3 Å². The van der Waals surface area contributed by atoms with Crippen LogP contribution >= 0.6 is 23.1 Å². The van der Waals surface area contributed by atoms with Gasteiger partial charge in [-0.15, -0.1) is 23.1 Å². The van der Waals surface area contributed by atoms with Crippen molar-refractivity contribution in [2.75, 3.05) is 5.75 Å². The molecular formula is C9H9NS2. The first-order valence-electron chi connectivity index (χ1n) is 3.87. The molecule has 3 heteroatoms. The molecule has 0 aliphatic rings. The molecule has 0 N–H and O–H groups in total. The fourth-order valence-corrected chi connectivity index (χ4v) is 3.12. The highest BCUT2D eigenvalue weighted by Crippen LogP contribution is 2.30. The average molecular weight is 195 g/mol. The Bertz CT molecular complexity index is 348. The Kier molecular flexibility index (Phi) is 2.33. The van der Waals surface area contributed by atoms with Crippen molar-refractivity contribution in [3.8, 4) is 0 Å². The van der Waals surface area contributed by atoms with E-state index in [0.717, 1.165) is 10.6 Å². The molecule has 0 bridgehead atoms. The molecule has 0 radical (unpaired) electrons. The zero-order chi connectivity index (χ0) is 8.39. The van der Waals surface area contributed by atoms with E-state index in [9.17, 15) is 0 Å². The van der Waals surface area contributed by atoms with Crippen LogP contribution in [0.3, 0.4) is 0 Å². The number of nitrogens with zero attached hydrogens (tertiary/aromatic N) is 1. The standard InChI is InChI=1S/C9H9NS2/c1-2-11-8-6-7-4-3-5-10-9(7)12-8/h3-6H,2H2,1H3. The van der Waals surface area contributed by atoms with Gasteiger partial charge in [0.25, 0.3) is 0 Å². The van der Waals surface area contributed by atoms with Gasteiger partial charge in [-0.1, -0.05) is 13.0 Å². The van der Waals surface area contributed by atoms with Crippen LogP contribution < -0.4 is 0 Å². The summed E-state index contributed by atoms with van der Waals surface area (Å²) < 4.78 is 1.37. The Labute approximate surface area is 79.8 Å². The number of hydrogen-bond acceptors (Lipinski definition) is 3. The lowest BCUT2D eigenvalue weighted by atomic mass is 10.4. The second-order valence-corrected chi connectivity index (χ2v) is 4.99. The van der Waals surface area contributed by atoms with Crippen LogP contribution in [0.5, 0.6) is 0 Å². The van der Waals surface area contributed by atoms with Gasteiger partial charge >= 0.3 is 0 Å². The van der Waals surface area contributed by atoms with Crippen LogP contribution in [-0.4, -0.2) is 10.7 Å². The number of fused-ring (bicyclic) bond motifs is 1. The molecule has 0 amide bonds. The van der Waals surface area contributed by atoms with Gasteiger partial charge in [-0.3, -0.25) is 0 Å². The molecule has 0 fully saturated rings. The summed E-state index contributed by atoms with van der Waals surface area (Å²) >= 11 is 3.65. The molecule has 0 aliphatic heterocycles. The molecule has 62 valence electrons. The molecule has 0 saturated heterocycles. The lowest BCUT2D eigenvalue weighted by Crippen LogP contribution is -1.65. The lowest BCUT2D eigenvalue weighted by molar-refractivity contribution is 1.45. The molecule has 2 rings (SSSR count). The van der Waals surface area contributed by atoms with Crippen molar-refractivity contribution in [2.45, 2.75) is 11.1 Å². The molecule has 0 aromatic carbocycles. The summed E-state index contributed by atoms with van der Waals surface area (Å²) in [5.74, 6) is 1.13. The molecule has 0 spiro atoms. The van der Waals surface area contributed by atoms with Gasteiger partial charge < -0.3 is 0 Å². The van der Waals surface area contributed by atoms with Gasteiger partial charge in [0.05, 0.1) is 4.21 Å². The number of aromatic nitrogens is 1. The molecule has 0 aliphatic carbocycles. The molecule has 2 heterocycles. The van der Waals surface area contributed by atoms with Crippen LogP contribution in [0.25, 0.3) is 10.2 Å². The zero-order valence-corrected chi connectivity index (χ0v) is 8.41. The smallest absolute Gasteiger partial charge is 0.124 e. The minimum Gasteiger partial charge on any atom is -0.245 e. The minimum atomic E-state index is 1.13. The third-order valence-electron chi connectivity index (χ3n) is 1.56. The summed E-state index contributed by atoms with van der Waals surface area (Å²) in [4.78, 5) is 5.44. The maximum absolute atomic E-state index is 4.29. The topological polar surface area (TPSA) is 12.9 Å². The third-order valence-corrected chi connectivity index (χ3v) is 3.71. The van der Waals surface area contributed by atoms with Crippen LogP contribution in [0.2, 0.25) is 0 Å². The Balaban J connectivity index is 2.47. The Morgan fingerprint density at radius 2 is 2.50 bits per heavy atom. The van der Waals surface area contributed by atoms with Crippen LogP contribution in [0.1, 0.15) is 6.92 Å². The normalized spacial score (nSPS) is 10.8. The summed E-state index contributed by atoms with van der Waals surface area (Å²) in [6.45, 7) is 2.17. The van der Waals surface area contributed by atoms with E-state index >= 15 is 0 Å². The van der Waals surface area contributed by atoms with Crippen LogP contribution in [0, 0.1) is 0 Å². The fraction of sp³-hybridized carbons (Fsp3) is 0.222. The van der Waals surface area contributed by atoms with Crippen molar-refractivity contribution in [1.29, 1.82) is 0 Å². The summed E-state index contributed by atoms with van der Waals surface area (Å²) in [5, 5.41) is 1.26. The molecule has 2 aromatic heterocycles. The Morgan fingerprint density at radius 3 is 3.25 bits per heavy atom. The largest absolute Gasteiger partial charge is 0.245 e. The van der Waals surface area contributed by atoms with Gasteiger partial charge in [0.2, 0.25) is 0 Å². The summed E-state index contributed by atoms with van der Waals surface area (Å²) in [5.41, 5.74) is 0. The van der Waals surface area contributed by atoms with Crippen LogP contribution in [0.15, 0.2) is 28.6 Å². The fourth-order valence-electron chi connectivity index (χ4n) is 1.06. The van der Waals surface area contributed by atoms with Gasteiger partial charge in [-0.05, 0) is 17.9 Å². The molecule has 1 nitrogen and oxygen atoms in total. The molecule has 0 atom stereocenters. The summed E-state index contributed by atoms with van der Waals surface area (Å²) in [6, 6.07) is 6.30. The van der Waals surface area contributed by atoms with Gasteiger partial charge in [0, 0.05) is 11.6 Å². The first-order chi connectivity index (χ1) is 5.90. The number of rotatable bonds is 2. The molecular weight excluding hydrogens is 186 g/mol. The van der Waals surface area contributed by atoms with E-state index in [4.69, 9.17) is 0 Å². The van der Waals surface area contributed by atoms with Crippen LogP contribution in [-0.2, 0) is 0 Å². The number of thiophene rings is 1. The predicted molar refractivity (Wildman–Crippen MR) is 56.0 cm³/mol. The van der Waals surface area contributed by atoms with Crippen molar-refractivity contribution < 1.29 is 0 Å². The minimum absolute atomic E-state index is 1.13. The zero-order valence-electron chi connectivity index (χ0n) is 6.78. The molecule has 0 saturated carbocycles. The molecule has 0 unspecified atom stereocenters. The Hall–Kier alpha value is -0.540. The van der Waals surface area contributed by atoms with Crippen LogP contribution in [0.4, 0.5) is 0 Å². The van der Waals surface area contributed by atoms with Gasteiger partial charge in [0.15, 0.2) is 0 Å². The average Bonchev–Trinajstić information content (AvgIpc) is 2.47. The second-order valence-electron chi connectivity index (χ2n) is 2.40. The lowest BCUT2D eigenvalue weighted by Gasteiger charge is -1.86. The Morgan fingerprint density at radius 1 is 1.58 bits per heavy atom. The predicted octanol–water partition coefficient (Wildman–Crippen LogP) is 3.41. The van der Waals surface area contributed by atoms with E-state index in [1.807, 2.05) is 24.0 Å².